The molecule has 1 N–H and O–H groups in total. The zero-order valence-electron chi connectivity index (χ0n) is 5.40. The molecule has 1 heterocycles. The van der Waals surface area contributed by atoms with Crippen LogP contribution in [0.3, 0.4) is 0 Å². The van der Waals surface area contributed by atoms with Gasteiger partial charge in [0, 0.05) is 5.69 Å². The van der Waals surface area contributed by atoms with Gasteiger partial charge in [0.1, 0.15) is 5.69 Å². The van der Waals surface area contributed by atoms with Crippen molar-refractivity contribution in [3.8, 4) is 6.01 Å². The maximum absolute atomic E-state index is 10.1. The first-order valence-corrected chi connectivity index (χ1v) is 2.72. The monoisotopic (exact) mass is 138 g/mol. The number of hydrogen-bond donors (Lipinski definition) is 1. The topological polar surface area (TPSA) is 63.1 Å². The minimum absolute atomic E-state index is 0.199. The maximum atomic E-state index is 10.1. The average Bonchev–Trinajstić information content (AvgIpc) is 1.85. The van der Waals surface area contributed by atoms with E-state index in [1.165, 1.54) is 6.07 Å². The molecule has 0 spiro atoms. The molecule has 10 heavy (non-hydrogen) atoms. The fourth-order valence-electron chi connectivity index (χ4n) is 0.637. The van der Waals surface area contributed by atoms with Crippen molar-refractivity contribution in [3.05, 3.63) is 17.5 Å². The van der Waals surface area contributed by atoms with Gasteiger partial charge in [-0.2, -0.15) is 4.98 Å². The molecule has 0 aromatic carbocycles. The Balaban J connectivity index is 3.18. The highest BCUT2D eigenvalue weighted by Gasteiger charge is 1.96. The van der Waals surface area contributed by atoms with Crippen molar-refractivity contribution in [1.29, 1.82) is 0 Å². The molecule has 4 heteroatoms. The third-order valence-electron chi connectivity index (χ3n) is 0.983. The van der Waals surface area contributed by atoms with Crippen LogP contribution in [0.25, 0.3) is 0 Å². The van der Waals surface area contributed by atoms with Gasteiger partial charge < -0.3 is 5.11 Å². The Kier molecular flexibility index (Phi) is 1.62. The Bertz CT molecular complexity index is 240. The van der Waals surface area contributed by atoms with Gasteiger partial charge in [-0.1, -0.05) is 0 Å². The first-order chi connectivity index (χ1) is 4.72. The molecule has 0 unspecified atom stereocenters. The fourth-order valence-corrected chi connectivity index (χ4v) is 0.637. The molecular weight excluding hydrogens is 132 g/mol. The molecule has 0 atom stereocenters. The normalized spacial score (nSPS) is 9.30. The highest BCUT2D eigenvalue weighted by molar-refractivity contribution is 5.71. The van der Waals surface area contributed by atoms with Gasteiger partial charge in [-0.25, -0.2) is 4.98 Å². The molecule has 0 radical (unpaired) electrons. The van der Waals surface area contributed by atoms with Gasteiger partial charge in [-0.05, 0) is 13.0 Å². The highest BCUT2D eigenvalue weighted by atomic mass is 16.3. The number of nitrogens with zero attached hydrogens (tertiary/aromatic N) is 2. The predicted molar refractivity (Wildman–Crippen MR) is 33.8 cm³/mol. The molecule has 0 saturated carbocycles. The Labute approximate surface area is 57.6 Å². The second-order valence-electron chi connectivity index (χ2n) is 1.85. The Hall–Kier alpha value is -1.45. The van der Waals surface area contributed by atoms with Crippen molar-refractivity contribution in [2.75, 3.05) is 0 Å². The van der Waals surface area contributed by atoms with Crippen molar-refractivity contribution in [2.24, 2.45) is 0 Å². The summed E-state index contributed by atoms with van der Waals surface area (Å²) in [7, 11) is 0. The summed E-state index contributed by atoms with van der Waals surface area (Å²) >= 11 is 0. The summed E-state index contributed by atoms with van der Waals surface area (Å²) in [6, 6.07) is 1.13. The standard InChI is InChI=1S/C6H6N2O2/c1-4-2-5(3-9)8-6(10)7-4/h2-3H,1H3,(H,7,8,10). The number of aromatic hydroxyl groups is 1. The van der Waals surface area contributed by atoms with Crippen LogP contribution in [0.5, 0.6) is 6.01 Å². The SMILES string of the molecule is Cc1cc(C=O)nc(O)n1. The molecule has 0 aliphatic heterocycles. The summed E-state index contributed by atoms with van der Waals surface area (Å²) in [6.07, 6.45) is 0.564. The van der Waals surface area contributed by atoms with Gasteiger partial charge >= 0.3 is 6.01 Å². The van der Waals surface area contributed by atoms with Crippen LogP contribution in [0.2, 0.25) is 0 Å². The van der Waals surface area contributed by atoms with E-state index >= 15 is 0 Å². The largest absolute Gasteiger partial charge is 0.479 e. The van der Waals surface area contributed by atoms with Gasteiger partial charge in [0.2, 0.25) is 0 Å². The Morgan fingerprint density at radius 3 is 2.80 bits per heavy atom. The first kappa shape index (κ1) is 6.67. The summed E-state index contributed by atoms with van der Waals surface area (Å²) in [5.74, 6) is 0. The van der Waals surface area contributed by atoms with E-state index in [1.807, 2.05) is 0 Å². The summed E-state index contributed by atoms with van der Waals surface area (Å²) in [6.45, 7) is 1.68. The van der Waals surface area contributed by atoms with Crippen LogP contribution in [0.4, 0.5) is 0 Å². The molecule has 0 fully saturated rings. The predicted octanol–water partition coefficient (Wildman–Crippen LogP) is 0.303. The van der Waals surface area contributed by atoms with Crippen LogP contribution in [0.1, 0.15) is 16.2 Å². The third kappa shape index (κ3) is 1.28. The number of aldehydes is 1. The summed E-state index contributed by atoms with van der Waals surface area (Å²) < 4.78 is 0. The van der Waals surface area contributed by atoms with Crippen LogP contribution < -0.4 is 0 Å². The van der Waals surface area contributed by atoms with Crippen molar-refractivity contribution in [3.63, 3.8) is 0 Å². The number of carbonyl (C=O) groups excluding carboxylic acids is 1. The van der Waals surface area contributed by atoms with Crippen LogP contribution in [0.15, 0.2) is 6.07 Å². The van der Waals surface area contributed by atoms with Gasteiger partial charge in [-0.15, -0.1) is 0 Å². The van der Waals surface area contributed by atoms with E-state index in [1.54, 1.807) is 6.92 Å². The Morgan fingerprint density at radius 1 is 1.60 bits per heavy atom. The minimum atomic E-state index is -0.359. The van der Waals surface area contributed by atoms with Crippen LogP contribution >= 0.6 is 0 Å². The molecule has 0 bridgehead atoms. The van der Waals surface area contributed by atoms with E-state index in [0.717, 1.165) is 0 Å². The van der Waals surface area contributed by atoms with Gasteiger partial charge in [0.05, 0.1) is 0 Å². The van der Waals surface area contributed by atoms with E-state index in [4.69, 9.17) is 5.11 Å². The lowest BCUT2D eigenvalue weighted by Crippen LogP contribution is -1.91. The molecule has 1 rings (SSSR count). The lowest BCUT2D eigenvalue weighted by molar-refractivity contribution is 0.111. The lowest BCUT2D eigenvalue weighted by atomic mass is 10.3. The van der Waals surface area contributed by atoms with Gasteiger partial charge in [-0.3, -0.25) is 4.79 Å². The molecule has 0 aliphatic rings. The molecule has 4 nitrogen and oxygen atoms in total. The first-order valence-electron chi connectivity index (χ1n) is 2.72. The van der Waals surface area contributed by atoms with E-state index in [2.05, 4.69) is 9.97 Å². The molecule has 1 aromatic rings. The smallest absolute Gasteiger partial charge is 0.314 e. The average molecular weight is 138 g/mol. The molecule has 0 amide bonds. The van der Waals surface area contributed by atoms with Gasteiger partial charge in [0.25, 0.3) is 0 Å². The molecule has 0 aliphatic carbocycles. The van der Waals surface area contributed by atoms with E-state index < -0.39 is 0 Å². The molecule has 1 aromatic heterocycles. The van der Waals surface area contributed by atoms with Crippen LogP contribution in [-0.4, -0.2) is 21.4 Å². The number of aryl methyl sites for hydroxylation is 1. The third-order valence-corrected chi connectivity index (χ3v) is 0.983. The second kappa shape index (κ2) is 2.43. The van der Waals surface area contributed by atoms with Gasteiger partial charge in [0.15, 0.2) is 6.29 Å². The van der Waals surface area contributed by atoms with Crippen molar-refractivity contribution in [1.82, 2.24) is 9.97 Å². The Morgan fingerprint density at radius 2 is 2.30 bits per heavy atom. The summed E-state index contributed by atoms with van der Waals surface area (Å²) in [4.78, 5) is 17.1. The lowest BCUT2D eigenvalue weighted by Gasteiger charge is -1.93. The van der Waals surface area contributed by atoms with E-state index in [0.29, 0.717) is 12.0 Å². The summed E-state index contributed by atoms with van der Waals surface area (Å²) in [5.41, 5.74) is 0.777. The minimum Gasteiger partial charge on any atom is -0.479 e. The maximum Gasteiger partial charge on any atom is 0.314 e. The quantitative estimate of drug-likeness (QED) is 0.567. The van der Waals surface area contributed by atoms with Crippen molar-refractivity contribution < 1.29 is 9.90 Å². The second-order valence-corrected chi connectivity index (χ2v) is 1.85. The summed E-state index contributed by atoms with van der Waals surface area (Å²) in [5, 5.41) is 8.74. The fraction of sp³-hybridized carbons (Fsp3) is 0.167. The zero-order chi connectivity index (χ0) is 7.56. The number of rotatable bonds is 1. The van der Waals surface area contributed by atoms with Crippen LogP contribution in [0, 0.1) is 6.92 Å². The van der Waals surface area contributed by atoms with Crippen LogP contribution in [-0.2, 0) is 0 Å². The number of carbonyl (C=O) groups is 1. The van der Waals surface area contributed by atoms with Crippen molar-refractivity contribution in [2.45, 2.75) is 6.92 Å². The van der Waals surface area contributed by atoms with E-state index in [9.17, 15) is 4.79 Å². The number of hydrogen-bond acceptors (Lipinski definition) is 4. The zero-order valence-corrected chi connectivity index (χ0v) is 5.40. The van der Waals surface area contributed by atoms with E-state index in [-0.39, 0.29) is 11.7 Å². The highest BCUT2D eigenvalue weighted by Crippen LogP contribution is 2.01. The molecular formula is C6H6N2O2. The molecule has 52 valence electrons. The molecule has 0 saturated heterocycles. The number of aromatic nitrogens is 2. The van der Waals surface area contributed by atoms with Crippen molar-refractivity contribution >= 4 is 6.29 Å².